The van der Waals surface area contributed by atoms with Crippen molar-refractivity contribution in [3.63, 3.8) is 0 Å². The van der Waals surface area contributed by atoms with Crippen LogP contribution in [0, 0.1) is 9.49 Å². The van der Waals surface area contributed by atoms with Crippen molar-refractivity contribution in [3.8, 4) is 5.75 Å². The quantitative estimate of drug-likeness (QED) is 0.595. The summed E-state index contributed by atoms with van der Waals surface area (Å²) in [5.41, 5.74) is 0. The SMILES string of the molecule is COC(=O)C(NC(=O)COc1ccc(I)cc1)C(C)C. The molecule has 1 unspecified atom stereocenters. The van der Waals surface area contributed by atoms with Crippen LogP contribution in [0.1, 0.15) is 13.8 Å². The molecular weight excluding hydrogens is 373 g/mol. The van der Waals surface area contributed by atoms with E-state index in [-0.39, 0.29) is 18.4 Å². The number of amides is 1. The third kappa shape index (κ3) is 5.36. The van der Waals surface area contributed by atoms with E-state index < -0.39 is 12.0 Å². The Morgan fingerprint density at radius 3 is 2.35 bits per heavy atom. The summed E-state index contributed by atoms with van der Waals surface area (Å²) in [5.74, 6) is -0.250. The summed E-state index contributed by atoms with van der Waals surface area (Å²) < 4.78 is 11.1. The number of ether oxygens (including phenoxy) is 2. The second kappa shape index (κ2) is 8.08. The maximum absolute atomic E-state index is 11.8. The number of benzene rings is 1. The number of halogens is 1. The number of carbonyl (C=O) groups excluding carboxylic acids is 2. The molecule has 20 heavy (non-hydrogen) atoms. The van der Waals surface area contributed by atoms with Gasteiger partial charge in [0, 0.05) is 3.57 Å². The Balaban J connectivity index is 2.49. The Morgan fingerprint density at radius 1 is 1.25 bits per heavy atom. The van der Waals surface area contributed by atoms with E-state index in [0.29, 0.717) is 5.75 Å². The van der Waals surface area contributed by atoms with Gasteiger partial charge in [-0.15, -0.1) is 0 Å². The molecule has 6 heteroatoms. The standard InChI is InChI=1S/C14H18INO4/c1-9(2)13(14(18)19-3)16-12(17)8-20-11-6-4-10(15)5-7-11/h4-7,9,13H,8H2,1-3H3,(H,16,17). The first-order chi connectivity index (χ1) is 9.43. The zero-order valence-corrected chi connectivity index (χ0v) is 13.8. The van der Waals surface area contributed by atoms with Gasteiger partial charge in [0.05, 0.1) is 7.11 Å². The zero-order valence-electron chi connectivity index (χ0n) is 11.7. The first kappa shape index (κ1) is 16.7. The van der Waals surface area contributed by atoms with Gasteiger partial charge in [0.25, 0.3) is 5.91 Å². The van der Waals surface area contributed by atoms with Crippen LogP contribution in [0.5, 0.6) is 5.75 Å². The average molecular weight is 391 g/mol. The lowest BCUT2D eigenvalue weighted by atomic mass is 10.0. The highest BCUT2D eigenvalue weighted by atomic mass is 127. The van der Waals surface area contributed by atoms with Crippen LogP contribution in [-0.4, -0.2) is 31.6 Å². The molecule has 0 aliphatic heterocycles. The third-order valence-corrected chi connectivity index (χ3v) is 3.34. The van der Waals surface area contributed by atoms with Crippen molar-refractivity contribution >= 4 is 34.5 Å². The summed E-state index contributed by atoms with van der Waals surface area (Å²) in [6.45, 7) is 3.53. The molecule has 1 amide bonds. The first-order valence-corrected chi connectivity index (χ1v) is 7.27. The number of hydrogen-bond acceptors (Lipinski definition) is 4. The molecular formula is C14H18INO4. The summed E-state index contributed by atoms with van der Waals surface area (Å²) >= 11 is 2.19. The van der Waals surface area contributed by atoms with Gasteiger partial charge in [-0.3, -0.25) is 4.79 Å². The predicted molar refractivity (Wildman–Crippen MR) is 83.4 cm³/mol. The summed E-state index contributed by atoms with van der Waals surface area (Å²) in [4.78, 5) is 23.3. The van der Waals surface area contributed by atoms with E-state index in [4.69, 9.17) is 4.74 Å². The third-order valence-electron chi connectivity index (χ3n) is 2.62. The fourth-order valence-corrected chi connectivity index (χ4v) is 1.88. The minimum Gasteiger partial charge on any atom is -0.484 e. The largest absolute Gasteiger partial charge is 0.484 e. The van der Waals surface area contributed by atoms with E-state index in [9.17, 15) is 9.59 Å². The van der Waals surface area contributed by atoms with Gasteiger partial charge in [-0.05, 0) is 52.8 Å². The zero-order chi connectivity index (χ0) is 15.1. The molecule has 0 aliphatic carbocycles. The maximum atomic E-state index is 11.8. The Kier molecular flexibility index (Phi) is 6.77. The topological polar surface area (TPSA) is 64.6 Å². The van der Waals surface area contributed by atoms with Crippen LogP contribution >= 0.6 is 22.6 Å². The van der Waals surface area contributed by atoms with E-state index in [1.54, 1.807) is 12.1 Å². The number of hydrogen-bond donors (Lipinski definition) is 1. The molecule has 5 nitrogen and oxygen atoms in total. The molecule has 0 spiro atoms. The monoisotopic (exact) mass is 391 g/mol. The number of rotatable bonds is 6. The molecule has 1 aromatic carbocycles. The van der Waals surface area contributed by atoms with Crippen LogP contribution in [0.2, 0.25) is 0 Å². The van der Waals surface area contributed by atoms with E-state index in [2.05, 4.69) is 32.6 Å². The number of esters is 1. The lowest BCUT2D eigenvalue weighted by Gasteiger charge is -2.19. The van der Waals surface area contributed by atoms with E-state index in [1.165, 1.54) is 7.11 Å². The molecule has 0 saturated carbocycles. The molecule has 1 N–H and O–H groups in total. The molecule has 0 bridgehead atoms. The fraction of sp³-hybridized carbons (Fsp3) is 0.429. The highest BCUT2D eigenvalue weighted by molar-refractivity contribution is 14.1. The number of nitrogens with one attached hydrogen (secondary N) is 1. The van der Waals surface area contributed by atoms with Crippen molar-refractivity contribution in [1.29, 1.82) is 0 Å². The van der Waals surface area contributed by atoms with Crippen molar-refractivity contribution in [3.05, 3.63) is 27.8 Å². The Hall–Kier alpha value is -1.31. The molecule has 0 radical (unpaired) electrons. The predicted octanol–water partition coefficient (Wildman–Crippen LogP) is 1.98. The molecule has 110 valence electrons. The second-order valence-corrected chi connectivity index (χ2v) is 5.80. The van der Waals surface area contributed by atoms with Gasteiger partial charge >= 0.3 is 5.97 Å². The van der Waals surface area contributed by atoms with E-state index >= 15 is 0 Å². The summed E-state index contributed by atoms with van der Waals surface area (Å²) in [6, 6.07) is 6.69. The highest BCUT2D eigenvalue weighted by Gasteiger charge is 2.24. The lowest BCUT2D eigenvalue weighted by Crippen LogP contribution is -2.46. The molecule has 0 aromatic heterocycles. The molecule has 0 heterocycles. The minimum absolute atomic E-state index is 0.0512. The van der Waals surface area contributed by atoms with Crippen molar-refractivity contribution in [2.24, 2.45) is 5.92 Å². The van der Waals surface area contributed by atoms with Gasteiger partial charge in [-0.1, -0.05) is 13.8 Å². The molecule has 0 fully saturated rings. The molecule has 1 aromatic rings. The van der Waals surface area contributed by atoms with Crippen LogP contribution in [0.4, 0.5) is 0 Å². The van der Waals surface area contributed by atoms with Gasteiger partial charge < -0.3 is 14.8 Å². The summed E-state index contributed by atoms with van der Waals surface area (Å²) in [6.07, 6.45) is 0. The molecule has 1 rings (SSSR count). The first-order valence-electron chi connectivity index (χ1n) is 6.19. The lowest BCUT2D eigenvalue weighted by molar-refractivity contribution is -0.146. The number of carbonyl (C=O) groups is 2. The van der Waals surface area contributed by atoms with Crippen LogP contribution in [0.15, 0.2) is 24.3 Å². The van der Waals surface area contributed by atoms with Crippen molar-refractivity contribution < 1.29 is 19.1 Å². The van der Waals surface area contributed by atoms with Crippen molar-refractivity contribution in [1.82, 2.24) is 5.32 Å². The Labute approximate surface area is 132 Å². The van der Waals surface area contributed by atoms with Crippen LogP contribution in [-0.2, 0) is 14.3 Å². The van der Waals surface area contributed by atoms with Crippen molar-refractivity contribution in [2.45, 2.75) is 19.9 Å². The smallest absolute Gasteiger partial charge is 0.328 e. The molecule has 1 atom stereocenters. The average Bonchev–Trinajstić information content (AvgIpc) is 2.43. The minimum atomic E-state index is -0.659. The maximum Gasteiger partial charge on any atom is 0.328 e. The normalized spacial score (nSPS) is 11.8. The van der Waals surface area contributed by atoms with E-state index in [0.717, 1.165) is 3.57 Å². The van der Waals surface area contributed by atoms with Crippen LogP contribution < -0.4 is 10.1 Å². The van der Waals surface area contributed by atoms with Gasteiger partial charge in [0.1, 0.15) is 11.8 Å². The fourth-order valence-electron chi connectivity index (χ4n) is 1.52. The van der Waals surface area contributed by atoms with Gasteiger partial charge in [0.15, 0.2) is 6.61 Å². The van der Waals surface area contributed by atoms with Gasteiger partial charge in [-0.2, -0.15) is 0 Å². The van der Waals surface area contributed by atoms with Crippen LogP contribution in [0.25, 0.3) is 0 Å². The Bertz CT molecular complexity index is 459. The molecule has 0 saturated heterocycles. The second-order valence-electron chi connectivity index (χ2n) is 4.55. The summed E-state index contributed by atoms with van der Waals surface area (Å²) in [7, 11) is 1.30. The van der Waals surface area contributed by atoms with Gasteiger partial charge in [0.2, 0.25) is 0 Å². The van der Waals surface area contributed by atoms with Gasteiger partial charge in [-0.25, -0.2) is 4.79 Å². The summed E-state index contributed by atoms with van der Waals surface area (Å²) in [5, 5.41) is 2.61. The van der Waals surface area contributed by atoms with Crippen LogP contribution in [0.3, 0.4) is 0 Å². The highest BCUT2D eigenvalue weighted by Crippen LogP contribution is 2.13. The van der Waals surface area contributed by atoms with E-state index in [1.807, 2.05) is 26.0 Å². The number of methoxy groups -OCH3 is 1. The van der Waals surface area contributed by atoms with Crippen molar-refractivity contribution in [2.75, 3.05) is 13.7 Å². The Morgan fingerprint density at radius 2 is 1.85 bits per heavy atom. The molecule has 0 aliphatic rings.